The van der Waals surface area contributed by atoms with Crippen LogP contribution in [0.15, 0.2) is 76.7 Å². The maximum absolute atomic E-state index is 13.2. The van der Waals surface area contributed by atoms with Gasteiger partial charge in [0, 0.05) is 23.8 Å². The van der Waals surface area contributed by atoms with Crippen LogP contribution in [0, 0.1) is 5.92 Å². The fourth-order valence-electron chi connectivity index (χ4n) is 3.66. The summed E-state index contributed by atoms with van der Waals surface area (Å²) in [4.78, 5) is 30.7. The Morgan fingerprint density at radius 3 is 2.19 bits per heavy atom. The van der Waals surface area contributed by atoms with E-state index in [1.807, 2.05) is 81.4 Å². The van der Waals surface area contributed by atoms with Crippen LogP contribution in [0.5, 0.6) is 0 Å². The summed E-state index contributed by atoms with van der Waals surface area (Å²) in [6.07, 6.45) is 0. The number of carbonyl (C=O) groups is 1. The van der Waals surface area contributed by atoms with E-state index in [1.54, 1.807) is 10.6 Å². The number of carbonyl (C=O) groups excluding carboxylic acids is 1. The van der Waals surface area contributed by atoms with Crippen molar-refractivity contribution < 1.29 is 4.79 Å². The maximum Gasteiger partial charge on any atom is 0.254 e. The molecule has 31 heavy (non-hydrogen) atoms. The molecule has 2 aromatic carbocycles. The second kappa shape index (κ2) is 8.71. The zero-order valence-electron chi connectivity index (χ0n) is 18.0. The zero-order valence-corrected chi connectivity index (χ0v) is 18.9. The molecular weight excluding hydrogens is 406 g/mol. The number of amides is 1. The van der Waals surface area contributed by atoms with Crippen LogP contribution in [0.25, 0.3) is 0 Å². The number of rotatable bonds is 4. The lowest BCUT2D eigenvalue weighted by Gasteiger charge is -2.28. The van der Waals surface area contributed by atoms with Crippen molar-refractivity contribution in [2.75, 3.05) is 5.75 Å². The second-order valence-electron chi connectivity index (χ2n) is 8.89. The summed E-state index contributed by atoms with van der Waals surface area (Å²) < 4.78 is 1.63. The molecule has 3 aromatic rings. The summed E-state index contributed by atoms with van der Waals surface area (Å²) in [7, 11) is 0. The van der Waals surface area contributed by atoms with E-state index in [0.717, 1.165) is 16.8 Å². The van der Waals surface area contributed by atoms with E-state index in [2.05, 4.69) is 10.3 Å². The van der Waals surface area contributed by atoms with Crippen molar-refractivity contribution in [3.63, 3.8) is 0 Å². The van der Waals surface area contributed by atoms with Gasteiger partial charge in [0.2, 0.25) is 5.91 Å². The predicted molar refractivity (Wildman–Crippen MR) is 124 cm³/mol. The van der Waals surface area contributed by atoms with Gasteiger partial charge in [-0.3, -0.25) is 14.2 Å². The molecule has 1 aromatic heterocycles. The van der Waals surface area contributed by atoms with Crippen molar-refractivity contribution in [1.29, 1.82) is 0 Å². The van der Waals surface area contributed by atoms with E-state index in [1.165, 1.54) is 11.8 Å². The Hall–Kier alpha value is -2.86. The first kappa shape index (κ1) is 21.4. The van der Waals surface area contributed by atoms with Crippen molar-refractivity contribution in [2.24, 2.45) is 5.92 Å². The monoisotopic (exact) mass is 433 g/mol. The average Bonchev–Trinajstić information content (AvgIpc) is 2.77. The molecule has 1 N–H and O–H groups in total. The predicted octanol–water partition coefficient (Wildman–Crippen LogP) is 4.17. The Labute approximate surface area is 186 Å². The first-order valence-electron chi connectivity index (χ1n) is 10.5. The fourth-order valence-corrected chi connectivity index (χ4v) is 4.75. The summed E-state index contributed by atoms with van der Waals surface area (Å²) in [5, 5.41) is 3.92. The van der Waals surface area contributed by atoms with Crippen molar-refractivity contribution in [3.05, 3.63) is 93.9 Å². The summed E-state index contributed by atoms with van der Waals surface area (Å²) in [6, 6.07) is 21.3. The van der Waals surface area contributed by atoms with Crippen molar-refractivity contribution in [2.45, 2.75) is 43.9 Å². The van der Waals surface area contributed by atoms with Crippen molar-refractivity contribution in [3.8, 4) is 0 Å². The average molecular weight is 434 g/mol. The molecule has 2 heterocycles. The highest BCUT2D eigenvalue weighted by atomic mass is 32.2. The summed E-state index contributed by atoms with van der Waals surface area (Å²) in [6.45, 7) is 6.48. The smallest absolute Gasteiger partial charge is 0.254 e. The maximum atomic E-state index is 13.2. The van der Waals surface area contributed by atoms with Crippen LogP contribution in [-0.4, -0.2) is 21.2 Å². The molecule has 1 unspecified atom stereocenters. The number of aromatic nitrogens is 2. The van der Waals surface area contributed by atoms with Gasteiger partial charge in [0.1, 0.15) is 0 Å². The van der Waals surface area contributed by atoms with Gasteiger partial charge in [-0.25, -0.2) is 4.98 Å². The summed E-state index contributed by atoms with van der Waals surface area (Å²) in [5.41, 5.74) is 2.55. The van der Waals surface area contributed by atoms with Crippen LogP contribution in [0.1, 0.15) is 43.6 Å². The first-order chi connectivity index (χ1) is 14.8. The number of hydrogen-bond donors (Lipinski definition) is 1. The Kier molecular flexibility index (Phi) is 6.01. The second-order valence-corrected chi connectivity index (χ2v) is 9.88. The highest BCUT2D eigenvalue weighted by Crippen LogP contribution is 2.29. The van der Waals surface area contributed by atoms with E-state index in [9.17, 15) is 9.59 Å². The number of benzene rings is 2. The van der Waals surface area contributed by atoms with Gasteiger partial charge in [0.25, 0.3) is 5.56 Å². The Balaban J connectivity index is 1.57. The number of fused-ring (bicyclic) bond motifs is 1. The minimum absolute atomic E-state index is 0.0531. The molecule has 0 radical (unpaired) electrons. The molecule has 1 aliphatic heterocycles. The van der Waals surface area contributed by atoms with Crippen LogP contribution in [0.4, 0.5) is 0 Å². The summed E-state index contributed by atoms with van der Waals surface area (Å²) in [5.74, 6) is 0.248. The van der Waals surface area contributed by atoms with Crippen molar-refractivity contribution >= 4 is 17.7 Å². The lowest BCUT2D eigenvalue weighted by molar-refractivity contribution is -0.125. The van der Waals surface area contributed by atoms with Gasteiger partial charge in [-0.1, -0.05) is 93.2 Å². The zero-order chi connectivity index (χ0) is 22.0. The lowest BCUT2D eigenvalue weighted by atomic mass is 9.92. The van der Waals surface area contributed by atoms with Gasteiger partial charge < -0.3 is 5.32 Å². The molecular formula is C25H27N3O2S. The SMILES string of the molecule is CC(C)(C)c1cc(=O)n2c(n1)SCC(C(=O)NC(c1ccccc1)c1ccccc1)C2. The quantitative estimate of drug-likeness (QED) is 0.628. The van der Waals surface area contributed by atoms with Crippen LogP contribution < -0.4 is 10.9 Å². The van der Waals surface area contributed by atoms with Crippen LogP contribution in [0.2, 0.25) is 0 Å². The third-order valence-electron chi connectivity index (χ3n) is 5.48. The van der Waals surface area contributed by atoms with E-state index < -0.39 is 0 Å². The third-order valence-corrected chi connectivity index (χ3v) is 6.62. The molecule has 1 amide bonds. The van der Waals surface area contributed by atoms with Gasteiger partial charge in [0.05, 0.1) is 17.7 Å². The molecule has 160 valence electrons. The number of nitrogens with zero attached hydrogens (tertiary/aromatic N) is 2. The molecule has 5 nitrogen and oxygen atoms in total. The fraction of sp³-hybridized carbons (Fsp3) is 0.320. The van der Waals surface area contributed by atoms with E-state index in [-0.39, 0.29) is 28.8 Å². The normalized spacial score (nSPS) is 16.1. The molecule has 0 saturated heterocycles. The molecule has 0 spiro atoms. The lowest BCUT2D eigenvalue weighted by Crippen LogP contribution is -2.41. The molecule has 6 heteroatoms. The Bertz CT molecular complexity index is 1080. The van der Waals surface area contributed by atoms with Gasteiger partial charge in [-0.15, -0.1) is 0 Å². The van der Waals surface area contributed by atoms with Crippen LogP contribution in [0.3, 0.4) is 0 Å². The summed E-state index contributed by atoms with van der Waals surface area (Å²) >= 11 is 1.48. The van der Waals surface area contributed by atoms with Gasteiger partial charge >= 0.3 is 0 Å². The Morgan fingerprint density at radius 1 is 1.06 bits per heavy atom. The first-order valence-corrected chi connectivity index (χ1v) is 11.5. The van der Waals surface area contributed by atoms with E-state index in [4.69, 9.17) is 0 Å². The third kappa shape index (κ3) is 4.74. The molecule has 0 bridgehead atoms. The highest BCUT2D eigenvalue weighted by Gasteiger charge is 2.30. The number of hydrogen-bond acceptors (Lipinski definition) is 4. The Morgan fingerprint density at radius 2 is 1.65 bits per heavy atom. The van der Waals surface area contributed by atoms with Gasteiger partial charge in [-0.05, 0) is 11.1 Å². The topological polar surface area (TPSA) is 64.0 Å². The molecule has 1 atom stereocenters. The highest BCUT2D eigenvalue weighted by molar-refractivity contribution is 7.99. The minimum atomic E-state index is -0.299. The van der Waals surface area contributed by atoms with Crippen LogP contribution in [-0.2, 0) is 16.8 Å². The van der Waals surface area contributed by atoms with E-state index in [0.29, 0.717) is 17.5 Å². The van der Waals surface area contributed by atoms with Crippen molar-refractivity contribution in [1.82, 2.24) is 14.9 Å². The molecule has 1 aliphatic rings. The molecule has 0 fully saturated rings. The standard InChI is InChI=1S/C25H27N3O2S/c1-25(2,3)20-14-21(29)28-15-19(16-31-24(28)26-20)23(30)27-22(17-10-6-4-7-11-17)18-12-8-5-9-13-18/h4-14,19,22H,15-16H2,1-3H3,(H,27,30). The van der Waals surface area contributed by atoms with Crippen LogP contribution >= 0.6 is 11.8 Å². The largest absolute Gasteiger partial charge is 0.345 e. The van der Waals surface area contributed by atoms with Gasteiger partial charge in [0.15, 0.2) is 5.16 Å². The number of thioether (sulfide) groups is 1. The number of nitrogens with one attached hydrogen (secondary N) is 1. The molecule has 4 rings (SSSR count). The molecule has 0 aliphatic carbocycles. The molecule has 0 saturated carbocycles. The van der Waals surface area contributed by atoms with E-state index >= 15 is 0 Å². The minimum Gasteiger partial charge on any atom is -0.345 e. The van der Waals surface area contributed by atoms with Gasteiger partial charge in [-0.2, -0.15) is 0 Å².